The van der Waals surface area contributed by atoms with E-state index in [-0.39, 0.29) is 11.6 Å². The molecular formula is C13H12FN3O2. The Kier molecular flexibility index (Phi) is 2.77. The molecule has 1 aromatic carbocycles. The van der Waals surface area contributed by atoms with Gasteiger partial charge in [-0.1, -0.05) is 16.7 Å². The molecule has 1 aliphatic rings. The van der Waals surface area contributed by atoms with E-state index in [9.17, 15) is 9.18 Å². The zero-order valence-electron chi connectivity index (χ0n) is 10.3. The number of hydrogen-bond acceptors (Lipinski definition) is 4. The van der Waals surface area contributed by atoms with E-state index in [0.717, 1.165) is 18.4 Å². The van der Waals surface area contributed by atoms with Crippen LogP contribution in [0.1, 0.15) is 40.6 Å². The summed E-state index contributed by atoms with van der Waals surface area (Å²) >= 11 is 0. The second kappa shape index (κ2) is 4.46. The molecule has 2 aromatic rings. The molecule has 0 unspecified atom stereocenters. The largest absolute Gasteiger partial charge is 0.408 e. The second-order valence-corrected chi connectivity index (χ2v) is 4.66. The van der Waals surface area contributed by atoms with Gasteiger partial charge in [0, 0.05) is 5.92 Å². The van der Waals surface area contributed by atoms with Gasteiger partial charge in [0.15, 0.2) is 0 Å². The molecule has 0 atom stereocenters. The van der Waals surface area contributed by atoms with E-state index in [1.54, 1.807) is 13.0 Å². The van der Waals surface area contributed by atoms with E-state index in [2.05, 4.69) is 15.5 Å². The van der Waals surface area contributed by atoms with Gasteiger partial charge in [0.05, 0.1) is 5.56 Å². The zero-order valence-corrected chi connectivity index (χ0v) is 10.3. The third kappa shape index (κ3) is 2.47. The molecule has 6 heteroatoms. The fraction of sp³-hybridized carbons (Fsp3) is 0.308. The number of hydrogen-bond donors (Lipinski definition) is 1. The number of halogens is 1. The summed E-state index contributed by atoms with van der Waals surface area (Å²) in [6, 6.07) is 4.34. The van der Waals surface area contributed by atoms with Crippen LogP contribution < -0.4 is 5.32 Å². The van der Waals surface area contributed by atoms with Crippen LogP contribution in [0.3, 0.4) is 0 Å². The van der Waals surface area contributed by atoms with E-state index in [0.29, 0.717) is 11.8 Å². The highest BCUT2D eigenvalue weighted by atomic mass is 19.1. The van der Waals surface area contributed by atoms with Crippen molar-refractivity contribution in [1.82, 2.24) is 10.2 Å². The number of benzene rings is 1. The van der Waals surface area contributed by atoms with Crippen molar-refractivity contribution in [2.75, 3.05) is 5.32 Å². The highest BCUT2D eigenvalue weighted by Gasteiger charge is 2.29. The van der Waals surface area contributed by atoms with E-state index in [1.807, 2.05) is 0 Å². The van der Waals surface area contributed by atoms with E-state index in [1.165, 1.54) is 12.1 Å². The van der Waals surface area contributed by atoms with Crippen LogP contribution in [0, 0.1) is 12.7 Å². The van der Waals surface area contributed by atoms with Crippen LogP contribution >= 0.6 is 0 Å². The van der Waals surface area contributed by atoms with Gasteiger partial charge >= 0.3 is 6.01 Å². The maximum Gasteiger partial charge on any atom is 0.322 e. The Morgan fingerprint density at radius 1 is 1.42 bits per heavy atom. The molecule has 3 rings (SSSR count). The number of aryl methyl sites for hydroxylation is 1. The van der Waals surface area contributed by atoms with Gasteiger partial charge in [0.2, 0.25) is 5.89 Å². The van der Waals surface area contributed by atoms with E-state index >= 15 is 0 Å². The number of carbonyl (C=O) groups is 1. The Labute approximate surface area is 108 Å². The summed E-state index contributed by atoms with van der Waals surface area (Å²) in [5.74, 6) is -0.328. The number of nitrogens with one attached hydrogen (secondary N) is 1. The number of anilines is 1. The summed E-state index contributed by atoms with van der Waals surface area (Å²) in [6.07, 6.45) is 2.06. The van der Waals surface area contributed by atoms with Crippen molar-refractivity contribution < 1.29 is 13.6 Å². The second-order valence-electron chi connectivity index (χ2n) is 4.66. The third-order valence-electron chi connectivity index (χ3n) is 2.95. The minimum absolute atomic E-state index is 0.00723. The van der Waals surface area contributed by atoms with Crippen molar-refractivity contribution in [2.24, 2.45) is 0 Å². The first-order valence-electron chi connectivity index (χ1n) is 6.04. The summed E-state index contributed by atoms with van der Waals surface area (Å²) < 4.78 is 18.8. The van der Waals surface area contributed by atoms with Gasteiger partial charge in [-0.25, -0.2) is 4.39 Å². The summed E-state index contributed by atoms with van der Waals surface area (Å²) in [6.45, 7) is 1.79. The first-order valence-corrected chi connectivity index (χ1v) is 6.04. The first-order chi connectivity index (χ1) is 9.13. The molecule has 1 amide bonds. The Morgan fingerprint density at radius 3 is 2.95 bits per heavy atom. The Balaban J connectivity index is 1.77. The maximum atomic E-state index is 13.5. The van der Waals surface area contributed by atoms with Gasteiger partial charge in [0.25, 0.3) is 5.91 Å². The predicted molar refractivity (Wildman–Crippen MR) is 65.4 cm³/mol. The van der Waals surface area contributed by atoms with Gasteiger partial charge in [-0.05, 0) is 31.9 Å². The molecule has 1 fully saturated rings. The Bertz CT molecular complexity index is 635. The number of carbonyl (C=O) groups excluding carboxylic acids is 1. The summed E-state index contributed by atoms with van der Waals surface area (Å²) in [5, 5.41) is 9.97. The van der Waals surface area contributed by atoms with Crippen LogP contribution in [0.4, 0.5) is 10.4 Å². The standard InChI is InChI=1S/C13H12FN3O2/c1-7-2-5-10(14)9(6-7)11(18)15-13-17-16-12(19-13)8-3-4-8/h2,5-6,8H,3-4H2,1H3,(H,15,17,18). The topological polar surface area (TPSA) is 68.0 Å². The lowest BCUT2D eigenvalue weighted by atomic mass is 10.1. The van der Waals surface area contributed by atoms with Crippen LogP contribution in [-0.4, -0.2) is 16.1 Å². The SMILES string of the molecule is Cc1ccc(F)c(C(=O)Nc2nnc(C3CC3)o2)c1. The Hall–Kier alpha value is -2.24. The number of nitrogens with zero attached hydrogens (tertiary/aromatic N) is 2. The minimum atomic E-state index is -0.591. The molecule has 19 heavy (non-hydrogen) atoms. The van der Waals surface area contributed by atoms with Crippen molar-refractivity contribution in [1.29, 1.82) is 0 Å². The molecule has 1 aromatic heterocycles. The lowest BCUT2D eigenvalue weighted by molar-refractivity contribution is 0.102. The molecule has 0 bridgehead atoms. The molecule has 1 N–H and O–H groups in total. The maximum absolute atomic E-state index is 13.5. The summed E-state index contributed by atoms with van der Waals surface area (Å²) in [7, 11) is 0. The Morgan fingerprint density at radius 2 is 2.21 bits per heavy atom. The van der Waals surface area contributed by atoms with Gasteiger partial charge in [-0.2, -0.15) is 0 Å². The lowest BCUT2D eigenvalue weighted by Gasteiger charge is -2.03. The smallest absolute Gasteiger partial charge is 0.322 e. The van der Waals surface area contributed by atoms with Gasteiger partial charge in [-0.3, -0.25) is 10.1 Å². The van der Waals surface area contributed by atoms with Crippen molar-refractivity contribution in [3.63, 3.8) is 0 Å². The number of amides is 1. The molecule has 1 saturated carbocycles. The molecule has 0 radical (unpaired) electrons. The molecule has 98 valence electrons. The van der Waals surface area contributed by atoms with Crippen LogP contribution in [-0.2, 0) is 0 Å². The van der Waals surface area contributed by atoms with E-state index in [4.69, 9.17) is 4.42 Å². The molecular weight excluding hydrogens is 249 g/mol. The van der Waals surface area contributed by atoms with Crippen LogP contribution in [0.15, 0.2) is 22.6 Å². The third-order valence-corrected chi connectivity index (χ3v) is 2.95. The molecule has 0 saturated heterocycles. The number of rotatable bonds is 3. The molecule has 0 spiro atoms. The highest BCUT2D eigenvalue weighted by molar-refractivity contribution is 6.03. The quantitative estimate of drug-likeness (QED) is 0.922. The van der Waals surface area contributed by atoms with Crippen LogP contribution in [0.5, 0.6) is 0 Å². The fourth-order valence-electron chi connectivity index (χ4n) is 1.76. The predicted octanol–water partition coefficient (Wildman–Crippen LogP) is 2.65. The van der Waals surface area contributed by atoms with E-state index < -0.39 is 11.7 Å². The lowest BCUT2D eigenvalue weighted by Crippen LogP contribution is -2.14. The van der Waals surface area contributed by atoms with Gasteiger partial charge in [-0.15, -0.1) is 5.10 Å². The van der Waals surface area contributed by atoms with Crippen molar-refractivity contribution >= 4 is 11.9 Å². The highest BCUT2D eigenvalue weighted by Crippen LogP contribution is 2.39. The van der Waals surface area contributed by atoms with Crippen LogP contribution in [0.25, 0.3) is 0 Å². The molecule has 0 aliphatic heterocycles. The van der Waals surface area contributed by atoms with Crippen molar-refractivity contribution in [3.05, 3.63) is 41.0 Å². The molecule has 5 nitrogen and oxygen atoms in total. The average molecular weight is 261 g/mol. The molecule has 1 aliphatic carbocycles. The molecule has 1 heterocycles. The zero-order chi connectivity index (χ0) is 13.4. The average Bonchev–Trinajstić information content (AvgIpc) is 3.13. The van der Waals surface area contributed by atoms with Crippen LogP contribution in [0.2, 0.25) is 0 Å². The number of aromatic nitrogens is 2. The van der Waals surface area contributed by atoms with Gasteiger partial charge < -0.3 is 4.42 Å². The van der Waals surface area contributed by atoms with Crippen molar-refractivity contribution in [2.45, 2.75) is 25.7 Å². The summed E-state index contributed by atoms with van der Waals surface area (Å²) in [5.41, 5.74) is 0.766. The first kappa shape index (κ1) is 11.8. The monoisotopic (exact) mass is 261 g/mol. The fourth-order valence-corrected chi connectivity index (χ4v) is 1.76. The normalized spacial score (nSPS) is 14.4. The minimum Gasteiger partial charge on any atom is -0.408 e. The summed E-state index contributed by atoms with van der Waals surface area (Å²) in [4.78, 5) is 11.9. The van der Waals surface area contributed by atoms with Crippen molar-refractivity contribution in [3.8, 4) is 0 Å². The van der Waals surface area contributed by atoms with Gasteiger partial charge in [0.1, 0.15) is 5.82 Å².